The van der Waals surface area contributed by atoms with Crippen LogP contribution < -0.4 is 10.1 Å². The Hall–Kier alpha value is -1.59. The predicted octanol–water partition coefficient (Wildman–Crippen LogP) is 1.36. The predicted molar refractivity (Wildman–Crippen MR) is 76.7 cm³/mol. The van der Waals surface area contributed by atoms with E-state index in [1.165, 1.54) is 7.11 Å². The van der Waals surface area contributed by atoms with Gasteiger partial charge in [-0.15, -0.1) is 0 Å². The van der Waals surface area contributed by atoms with Gasteiger partial charge in [0.2, 0.25) is 0 Å². The first-order valence-corrected chi connectivity index (χ1v) is 6.83. The Kier molecular flexibility index (Phi) is 7.69. The highest BCUT2D eigenvalue weighted by Crippen LogP contribution is 2.12. The topological polar surface area (TPSA) is 67.8 Å². The SMILES string of the molecule is CCC(Oc1ccccc1)C(=O)NCCC(O)COC. The second kappa shape index (κ2) is 9.34. The number of hydrogen-bond acceptors (Lipinski definition) is 4. The zero-order valence-corrected chi connectivity index (χ0v) is 12.0. The average Bonchev–Trinajstić information content (AvgIpc) is 2.46. The molecule has 0 aromatic heterocycles. The van der Waals surface area contributed by atoms with Gasteiger partial charge >= 0.3 is 0 Å². The van der Waals surface area contributed by atoms with Crippen molar-refractivity contribution in [3.63, 3.8) is 0 Å². The van der Waals surface area contributed by atoms with E-state index < -0.39 is 12.2 Å². The zero-order chi connectivity index (χ0) is 14.8. The van der Waals surface area contributed by atoms with E-state index in [4.69, 9.17) is 9.47 Å². The molecule has 1 amide bonds. The van der Waals surface area contributed by atoms with Crippen molar-refractivity contribution in [1.82, 2.24) is 5.32 Å². The van der Waals surface area contributed by atoms with Crippen molar-refractivity contribution in [2.45, 2.75) is 32.0 Å². The van der Waals surface area contributed by atoms with Gasteiger partial charge in [-0.3, -0.25) is 4.79 Å². The summed E-state index contributed by atoms with van der Waals surface area (Å²) < 4.78 is 10.5. The molecule has 5 heteroatoms. The number of aliphatic hydroxyl groups is 1. The van der Waals surface area contributed by atoms with Gasteiger partial charge in [0.1, 0.15) is 5.75 Å². The lowest BCUT2D eigenvalue weighted by molar-refractivity contribution is -0.128. The molecule has 0 fully saturated rings. The molecule has 0 saturated heterocycles. The third kappa shape index (κ3) is 6.04. The van der Waals surface area contributed by atoms with Crippen molar-refractivity contribution >= 4 is 5.91 Å². The first-order chi connectivity index (χ1) is 9.67. The van der Waals surface area contributed by atoms with Gasteiger partial charge in [0, 0.05) is 13.7 Å². The number of carbonyl (C=O) groups excluding carboxylic acids is 1. The molecule has 0 bridgehead atoms. The van der Waals surface area contributed by atoms with Gasteiger partial charge in [-0.05, 0) is 25.0 Å². The number of aliphatic hydroxyl groups excluding tert-OH is 1. The molecular weight excluding hydrogens is 258 g/mol. The molecule has 0 aliphatic carbocycles. The molecule has 2 unspecified atom stereocenters. The quantitative estimate of drug-likeness (QED) is 0.717. The number of rotatable bonds is 9. The maximum Gasteiger partial charge on any atom is 0.261 e. The van der Waals surface area contributed by atoms with Crippen LogP contribution in [0.3, 0.4) is 0 Å². The van der Waals surface area contributed by atoms with Crippen LogP contribution in [0.2, 0.25) is 0 Å². The molecule has 1 aromatic rings. The van der Waals surface area contributed by atoms with Gasteiger partial charge < -0.3 is 19.9 Å². The Morgan fingerprint density at radius 2 is 2.05 bits per heavy atom. The summed E-state index contributed by atoms with van der Waals surface area (Å²) in [7, 11) is 1.53. The number of nitrogens with one attached hydrogen (secondary N) is 1. The van der Waals surface area contributed by atoms with E-state index in [1.54, 1.807) is 0 Å². The van der Waals surface area contributed by atoms with E-state index in [1.807, 2.05) is 37.3 Å². The molecule has 2 N–H and O–H groups in total. The molecule has 0 radical (unpaired) electrons. The van der Waals surface area contributed by atoms with Crippen molar-refractivity contribution < 1.29 is 19.4 Å². The van der Waals surface area contributed by atoms with Crippen LogP contribution in [0.15, 0.2) is 30.3 Å². The Morgan fingerprint density at radius 1 is 1.35 bits per heavy atom. The van der Waals surface area contributed by atoms with E-state index >= 15 is 0 Å². The van der Waals surface area contributed by atoms with Crippen LogP contribution in [0, 0.1) is 0 Å². The Morgan fingerprint density at radius 3 is 2.65 bits per heavy atom. The molecule has 0 heterocycles. The van der Waals surface area contributed by atoms with Crippen LogP contribution in [0.5, 0.6) is 5.75 Å². The standard InChI is InChI=1S/C15H23NO4/c1-3-14(20-13-7-5-4-6-8-13)15(18)16-10-9-12(17)11-19-2/h4-8,12,14,17H,3,9-11H2,1-2H3,(H,16,18). The minimum atomic E-state index is -0.560. The van der Waals surface area contributed by atoms with Gasteiger partial charge in [0.25, 0.3) is 5.91 Å². The fourth-order valence-corrected chi connectivity index (χ4v) is 1.74. The number of amides is 1. The Balaban J connectivity index is 2.35. The third-order valence-electron chi connectivity index (χ3n) is 2.82. The van der Waals surface area contributed by atoms with E-state index in [0.717, 1.165) is 0 Å². The summed E-state index contributed by atoms with van der Waals surface area (Å²) in [5.74, 6) is 0.509. The number of methoxy groups -OCH3 is 1. The molecule has 0 aliphatic heterocycles. The van der Waals surface area contributed by atoms with Crippen molar-refractivity contribution in [1.29, 1.82) is 0 Å². The van der Waals surface area contributed by atoms with Crippen LogP contribution >= 0.6 is 0 Å². The van der Waals surface area contributed by atoms with Crippen LogP contribution in [0.1, 0.15) is 19.8 Å². The third-order valence-corrected chi connectivity index (χ3v) is 2.82. The molecule has 1 rings (SSSR count). The van der Waals surface area contributed by atoms with Crippen molar-refractivity contribution in [2.24, 2.45) is 0 Å². The van der Waals surface area contributed by atoms with E-state index in [0.29, 0.717) is 25.1 Å². The zero-order valence-electron chi connectivity index (χ0n) is 12.0. The van der Waals surface area contributed by atoms with Gasteiger partial charge in [-0.2, -0.15) is 0 Å². The maximum absolute atomic E-state index is 12.0. The minimum absolute atomic E-state index is 0.166. The second-order valence-corrected chi connectivity index (χ2v) is 4.52. The van der Waals surface area contributed by atoms with Crippen LogP contribution in [0.4, 0.5) is 0 Å². The summed E-state index contributed by atoms with van der Waals surface area (Å²) in [5, 5.41) is 12.2. The number of benzene rings is 1. The number of ether oxygens (including phenoxy) is 2. The normalized spacial score (nSPS) is 13.6. The summed E-state index contributed by atoms with van der Waals surface area (Å²) in [5.41, 5.74) is 0. The molecule has 112 valence electrons. The summed E-state index contributed by atoms with van der Waals surface area (Å²) in [6.07, 6.45) is -0.0321. The monoisotopic (exact) mass is 281 g/mol. The van der Waals surface area contributed by atoms with E-state index in [2.05, 4.69) is 5.32 Å². The molecule has 20 heavy (non-hydrogen) atoms. The molecule has 2 atom stereocenters. The van der Waals surface area contributed by atoms with Gasteiger partial charge in [-0.1, -0.05) is 25.1 Å². The summed E-state index contributed by atoms with van der Waals surface area (Å²) in [6.45, 7) is 2.57. The average molecular weight is 281 g/mol. The van der Waals surface area contributed by atoms with Crippen LogP contribution in [0.25, 0.3) is 0 Å². The fourth-order valence-electron chi connectivity index (χ4n) is 1.74. The number of para-hydroxylation sites is 1. The number of hydrogen-bond donors (Lipinski definition) is 2. The summed E-state index contributed by atoms with van der Waals surface area (Å²) in [6, 6.07) is 9.25. The first kappa shape index (κ1) is 16.5. The van der Waals surface area contributed by atoms with Gasteiger partial charge in [-0.25, -0.2) is 0 Å². The van der Waals surface area contributed by atoms with Gasteiger partial charge in [0.15, 0.2) is 6.10 Å². The highest BCUT2D eigenvalue weighted by molar-refractivity contribution is 5.81. The lowest BCUT2D eigenvalue weighted by atomic mass is 10.2. The lowest BCUT2D eigenvalue weighted by Crippen LogP contribution is -2.39. The van der Waals surface area contributed by atoms with Crippen LogP contribution in [-0.4, -0.2) is 43.5 Å². The Bertz CT molecular complexity index is 383. The molecule has 1 aromatic carbocycles. The highest BCUT2D eigenvalue weighted by Gasteiger charge is 2.18. The highest BCUT2D eigenvalue weighted by atomic mass is 16.5. The smallest absolute Gasteiger partial charge is 0.261 e. The molecule has 5 nitrogen and oxygen atoms in total. The summed E-state index contributed by atoms with van der Waals surface area (Å²) >= 11 is 0. The molecular formula is C15H23NO4. The molecule has 0 spiro atoms. The maximum atomic E-state index is 12.0. The van der Waals surface area contributed by atoms with Crippen molar-refractivity contribution in [3.8, 4) is 5.75 Å². The Labute approximate surface area is 119 Å². The minimum Gasteiger partial charge on any atom is -0.481 e. The van der Waals surface area contributed by atoms with E-state index in [9.17, 15) is 9.90 Å². The largest absolute Gasteiger partial charge is 0.481 e. The van der Waals surface area contributed by atoms with Gasteiger partial charge in [0.05, 0.1) is 12.7 Å². The fraction of sp³-hybridized carbons (Fsp3) is 0.533. The summed E-state index contributed by atoms with van der Waals surface area (Å²) in [4.78, 5) is 12.0. The molecule has 0 aliphatic rings. The molecule has 0 saturated carbocycles. The van der Waals surface area contributed by atoms with E-state index in [-0.39, 0.29) is 12.5 Å². The second-order valence-electron chi connectivity index (χ2n) is 4.52. The number of carbonyl (C=O) groups is 1. The van der Waals surface area contributed by atoms with Crippen molar-refractivity contribution in [2.75, 3.05) is 20.3 Å². The van der Waals surface area contributed by atoms with Crippen molar-refractivity contribution in [3.05, 3.63) is 30.3 Å². The first-order valence-electron chi connectivity index (χ1n) is 6.83. The lowest BCUT2D eigenvalue weighted by Gasteiger charge is -2.17. The van der Waals surface area contributed by atoms with Crippen LogP contribution in [-0.2, 0) is 9.53 Å².